The second kappa shape index (κ2) is 12.0. The third-order valence-corrected chi connectivity index (χ3v) is 4.36. The van der Waals surface area contributed by atoms with E-state index in [1.807, 2.05) is 6.07 Å². The van der Waals surface area contributed by atoms with Crippen LogP contribution in [0.2, 0.25) is 0 Å². The summed E-state index contributed by atoms with van der Waals surface area (Å²) in [5.41, 5.74) is 1.41. The third-order valence-electron chi connectivity index (χ3n) is 4.36. The summed E-state index contributed by atoms with van der Waals surface area (Å²) < 4.78 is 25.7. The van der Waals surface area contributed by atoms with Gasteiger partial charge in [0.05, 0.1) is 0 Å². The van der Waals surface area contributed by atoms with E-state index in [-0.39, 0.29) is 0 Å². The lowest BCUT2D eigenvalue weighted by Crippen LogP contribution is -2.27. The predicted molar refractivity (Wildman–Crippen MR) is 93.5 cm³/mol. The van der Waals surface area contributed by atoms with E-state index in [1.54, 1.807) is 0 Å². The van der Waals surface area contributed by atoms with Gasteiger partial charge >= 0.3 is 11.9 Å². The molecule has 1 N–H and O–H groups in total. The molecule has 0 atom stereocenters. The lowest BCUT2D eigenvalue weighted by molar-refractivity contribution is -0.165. The molecule has 0 spiro atoms. The summed E-state index contributed by atoms with van der Waals surface area (Å²) in [7, 11) is 0. The number of alkyl halides is 2. The Bertz CT molecular complexity index is 446. The fourth-order valence-corrected chi connectivity index (χ4v) is 2.84. The highest BCUT2D eigenvalue weighted by molar-refractivity contribution is 5.75. The summed E-state index contributed by atoms with van der Waals surface area (Å²) in [4.78, 5) is 10.3. The van der Waals surface area contributed by atoms with Crippen molar-refractivity contribution in [3.63, 3.8) is 0 Å². The molecule has 2 nitrogen and oxygen atoms in total. The Labute approximate surface area is 144 Å². The average molecular weight is 340 g/mol. The zero-order chi connectivity index (χ0) is 17.7. The van der Waals surface area contributed by atoms with Crippen LogP contribution in [0.15, 0.2) is 30.3 Å². The van der Waals surface area contributed by atoms with Crippen LogP contribution in [0.25, 0.3) is 0 Å². The Morgan fingerprint density at radius 1 is 0.792 bits per heavy atom. The minimum atomic E-state index is -3.56. The minimum Gasteiger partial charge on any atom is -0.477 e. The normalized spacial score (nSPS) is 11.6. The first-order valence-electron chi connectivity index (χ1n) is 9.17. The van der Waals surface area contributed by atoms with E-state index in [2.05, 4.69) is 24.3 Å². The van der Waals surface area contributed by atoms with Crippen molar-refractivity contribution in [3.8, 4) is 0 Å². The van der Waals surface area contributed by atoms with Crippen LogP contribution in [0, 0.1) is 0 Å². The van der Waals surface area contributed by atoms with Crippen LogP contribution in [-0.2, 0) is 11.2 Å². The van der Waals surface area contributed by atoms with Gasteiger partial charge in [-0.15, -0.1) is 0 Å². The third kappa shape index (κ3) is 9.64. The summed E-state index contributed by atoms with van der Waals surface area (Å²) in [6, 6.07) is 10.6. The van der Waals surface area contributed by atoms with Crippen molar-refractivity contribution in [3.05, 3.63) is 35.9 Å². The molecule has 24 heavy (non-hydrogen) atoms. The molecule has 0 saturated carbocycles. The fraction of sp³-hybridized carbons (Fsp3) is 0.650. The van der Waals surface area contributed by atoms with Crippen LogP contribution in [0.3, 0.4) is 0 Å². The van der Waals surface area contributed by atoms with E-state index in [0.29, 0.717) is 12.8 Å². The zero-order valence-electron chi connectivity index (χ0n) is 14.5. The summed E-state index contributed by atoms with van der Waals surface area (Å²) in [6.45, 7) is 0. The molecule has 0 aliphatic carbocycles. The molecule has 0 saturated heterocycles. The van der Waals surface area contributed by atoms with Gasteiger partial charge in [0.25, 0.3) is 0 Å². The molecule has 0 aromatic heterocycles. The number of hydrogen-bond acceptors (Lipinski definition) is 1. The first-order chi connectivity index (χ1) is 11.5. The Hall–Kier alpha value is -1.45. The number of hydrogen-bond donors (Lipinski definition) is 1. The number of halogens is 2. The topological polar surface area (TPSA) is 37.3 Å². The summed E-state index contributed by atoms with van der Waals surface area (Å²) in [5, 5.41) is 8.32. The number of carboxylic acid groups (broad SMARTS) is 1. The lowest BCUT2D eigenvalue weighted by Gasteiger charge is -2.10. The van der Waals surface area contributed by atoms with Crippen LogP contribution < -0.4 is 0 Å². The van der Waals surface area contributed by atoms with Gasteiger partial charge in [0.15, 0.2) is 0 Å². The van der Waals surface area contributed by atoms with E-state index in [9.17, 15) is 13.6 Å². The quantitative estimate of drug-likeness (QED) is 0.407. The molecule has 0 aliphatic rings. The molecule has 1 aromatic carbocycles. The van der Waals surface area contributed by atoms with E-state index in [0.717, 1.165) is 25.7 Å². The number of rotatable bonds is 14. The van der Waals surface area contributed by atoms with Crippen molar-refractivity contribution in [2.45, 2.75) is 83.0 Å². The molecule has 0 aliphatic heterocycles. The Morgan fingerprint density at radius 3 is 1.75 bits per heavy atom. The highest BCUT2D eigenvalue weighted by Crippen LogP contribution is 2.22. The number of aliphatic carboxylic acids is 1. The maximum absolute atomic E-state index is 12.8. The van der Waals surface area contributed by atoms with Gasteiger partial charge in [-0.3, -0.25) is 0 Å². The van der Waals surface area contributed by atoms with Crippen molar-refractivity contribution in [2.75, 3.05) is 0 Å². The molecule has 1 aromatic rings. The number of benzene rings is 1. The number of aryl methyl sites for hydroxylation is 1. The van der Waals surface area contributed by atoms with Crippen molar-refractivity contribution in [1.29, 1.82) is 0 Å². The van der Waals surface area contributed by atoms with E-state index >= 15 is 0 Å². The van der Waals surface area contributed by atoms with Gasteiger partial charge in [-0.05, 0) is 24.8 Å². The Balaban J connectivity index is 1.83. The van der Waals surface area contributed by atoms with E-state index in [4.69, 9.17) is 5.11 Å². The molecule has 0 heterocycles. The zero-order valence-corrected chi connectivity index (χ0v) is 14.5. The highest BCUT2D eigenvalue weighted by atomic mass is 19.3. The van der Waals surface area contributed by atoms with Gasteiger partial charge in [0.2, 0.25) is 0 Å². The van der Waals surface area contributed by atoms with E-state index in [1.165, 1.54) is 37.7 Å². The molecule has 0 amide bonds. The van der Waals surface area contributed by atoms with Crippen molar-refractivity contribution < 1.29 is 18.7 Å². The molecular formula is C20H30F2O2. The average Bonchev–Trinajstić information content (AvgIpc) is 2.56. The van der Waals surface area contributed by atoms with Gasteiger partial charge in [0.1, 0.15) is 0 Å². The van der Waals surface area contributed by atoms with Gasteiger partial charge in [0, 0.05) is 6.42 Å². The van der Waals surface area contributed by atoms with Crippen LogP contribution in [0.5, 0.6) is 0 Å². The molecule has 0 fully saturated rings. The summed E-state index contributed by atoms with van der Waals surface area (Å²) in [5.74, 6) is -5.56. The van der Waals surface area contributed by atoms with Crippen LogP contribution in [0.1, 0.15) is 76.2 Å². The van der Waals surface area contributed by atoms with Gasteiger partial charge in [-0.2, -0.15) is 8.78 Å². The Kier molecular flexibility index (Phi) is 10.3. The number of carboxylic acids is 1. The SMILES string of the molecule is O=C(O)C(F)(F)CCCCCCCCCCCCc1ccccc1. The molecular weight excluding hydrogens is 310 g/mol. The second-order valence-corrected chi connectivity index (χ2v) is 6.53. The van der Waals surface area contributed by atoms with Crippen LogP contribution >= 0.6 is 0 Å². The molecule has 4 heteroatoms. The monoisotopic (exact) mass is 340 g/mol. The predicted octanol–water partition coefficient (Wildman–Crippen LogP) is 6.24. The number of unbranched alkanes of at least 4 members (excludes halogenated alkanes) is 9. The maximum atomic E-state index is 12.8. The lowest BCUT2D eigenvalue weighted by atomic mass is 10.0. The largest absolute Gasteiger partial charge is 0.477 e. The van der Waals surface area contributed by atoms with Gasteiger partial charge in [-0.1, -0.05) is 81.7 Å². The number of carbonyl (C=O) groups is 1. The standard InChI is InChI=1S/C20H30F2O2/c21-20(22,19(23)24)17-13-8-6-4-2-1-3-5-7-10-14-18-15-11-9-12-16-18/h9,11-12,15-16H,1-8,10,13-14,17H2,(H,23,24). The van der Waals surface area contributed by atoms with Crippen molar-refractivity contribution in [1.82, 2.24) is 0 Å². The van der Waals surface area contributed by atoms with Crippen LogP contribution in [-0.4, -0.2) is 17.0 Å². The summed E-state index contributed by atoms with van der Waals surface area (Å²) >= 11 is 0. The Morgan fingerprint density at radius 2 is 1.25 bits per heavy atom. The fourth-order valence-electron chi connectivity index (χ4n) is 2.84. The van der Waals surface area contributed by atoms with Gasteiger partial charge < -0.3 is 5.11 Å². The molecule has 136 valence electrons. The van der Waals surface area contributed by atoms with Crippen molar-refractivity contribution >= 4 is 5.97 Å². The van der Waals surface area contributed by atoms with Crippen molar-refractivity contribution in [2.24, 2.45) is 0 Å². The highest BCUT2D eigenvalue weighted by Gasteiger charge is 2.37. The first-order valence-corrected chi connectivity index (χ1v) is 9.17. The molecule has 0 bridgehead atoms. The molecule has 0 radical (unpaired) electrons. The first kappa shape index (κ1) is 20.6. The van der Waals surface area contributed by atoms with Gasteiger partial charge in [-0.25, -0.2) is 4.79 Å². The molecule has 0 unspecified atom stereocenters. The summed E-state index contributed by atoms with van der Waals surface area (Å²) in [6.07, 6.45) is 10.9. The van der Waals surface area contributed by atoms with E-state index < -0.39 is 18.3 Å². The smallest absolute Gasteiger partial charge is 0.374 e. The second-order valence-electron chi connectivity index (χ2n) is 6.53. The minimum absolute atomic E-state index is 0.290. The van der Waals surface area contributed by atoms with Crippen LogP contribution in [0.4, 0.5) is 8.78 Å². The molecule has 1 rings (SSSR count). The maximum Gasteiger partial charge on any atom is 0.374 e.